The van der Waals surface area contributed by atoms with Crippen molar-refractivity contribution in [2.24, 2.45) is 7.05 Å². The van der Waals surface area contributed by atoms with Crippen molar-refractivity contribution in [2.75, 3.05) is 32.7 Å². The van der Waals surface area contributed by atoms with Gasteiger partial charge >= 0.3 is 0 Å². The Hall–Kier alpha value is -2.99. The van der Waals surface area contributed by atoms with Crippen LogP contribution >= 0.6 is 0 Å². The van der Waals surface area contributed by atoms with E-state index in [1.54, 1.807) is 14.2 Å². The number of aromatic amines is 1. The lowest BCUT2D eigenvalue weighted by molar-refractivity contribution is 0.211. The molecule has 1 aromatic carbocycles. The van der Waals surface area contributed by atoms with Gasteiger partial charge in [-0.05, 0) is 30.3 Å². The van der Waals surface area contributed by atoms with Crippen molar-refractivity contribution in [3.8, 4) is 17.0 Å². The molecule has 0 bridgehead atoms. The second kappa shape index (κ2) is 6.72. The number of anilines is 1. The van der Waals surface area contributed by atoms with Gasteiger partial charge in [0, 0.05) is 66.3 Å². The molecule has 0 aliphatic heterocycles. The summed E-state index contributed by atoms with van der Waals surface area (Å²) in [6.07, 6.45) is 3.94. The summed E-state index contributed by atoms with van der Waals surface area (Å²) < 4.78 is 12.6. The van der Waals surface area contributed by atoms with Gasteiger partial charge in [-0.25, -0.2) is 4.98 Å². The summed E-state index contributed by atoms with van der Waals surface area (Å²) in [6, 6.07) is 10.3. The molecular weight excluding hydrogens is 328 g/mol. The molecule has 6 nitrogen and oxygen atoms in total. The maximum atomic E-state index is 5.40. The number of H-pyrrole nitrogens is 1. The number of aryl methyl sites for hydroxylation is 1. The van der Waals surface area contributed by atoms with Crippen LogP contribution in [-0.4, -0.2) is 41.9 Å². The van der Waals surface area contributed by atoms with Gasteiger partial charge < -0.3 is 24.3 Å². The molecule has 4 aromatic rings. The summed E-state index contributed by atoms with van der Waals surface area (Å²) in [6.45, 7) is 1.41. The molecule has 0 saturated carbocycles. The van der Waals surface area contributed by atoms with E-state index in [0.29, 0.717) is 6.61 Å². The molecule has 0 fully saturated rings. The van der Waals surface area contributed by atoms with Crippen molar-refractivity contribution >= 4 is 27.6 Å². The van der Waals surface area contributed by atoms with E-state index >= 15 is 0 Å². The van der Waals surface area contributed by atoms with E-state index in [4.69, 9.17) is 9.47 Å². The van der Waals surface area contributed by atoms with Crippen molar-refractivity contribution in [2.45, 2.75) is 0 Å². The summed E-state index contributed by atoms with van der Waals surface area (Å²) in [5.41, 5.74) is 5.23. The van der Waals surface area contributed by atoms with Crippen molar-refractivity contribution in [3.63, 3.8) is 0 Å². The highest BCUT2D eigenvalue weighted by atomic mass is 16.5. The van der Waals surface area contributed by atoms with Crippen LogP contribution in [0.5, 0.6) is 5.75 Å². The molecule has 4 rings (SSSR count). The smallest absolute Gasteiger partial charge is 0.139 e. The van der Waals surface area contributed by atoms with E-state index in [-0.39, 0.29) is 0 Å². The van der Waals surface area contributed by atoms with E-state index in [1.807, 2.05) is 18.3 Å². The minimum Gasteiger partial charge on any atom is -0.497 e. The number of ether oxygens (including phenoxy) is 2. The molecule has 3 heterocycles. The number of hydrogen-bond donors (Lipinski definition) is 2. The Morgan fingerprint density at radius 2 is 2.04 bits per heavy atom. The first-order chi connectivity index (χ1) is 12.7. The van der Waals surface area contributed by atoms with E-state index < -0.39 is 0 Å². The molecule has 3 aromatic heterocycles. The van der Waals surface area contributed by atoms with Crippen LogP contribution in [0.15, 0.2) is 42.7 Å². The number of pyridine rings is 1. The second-order valence-corrected chi connectivity index (χ2v) is 6.26. The van der Waals surface area contributed by atoms with E-state index in [1.165, 1.54) is 0 Å². The summed E-state index contributed by atoms with van der Waals surface area (Å²) in [5, 5.41) is 5.62. The summed E-state index contributed by atoms with van der Waals surface area (Å²) >= 11 is 0. The molecule has 26 heavy (non-hydrogen) atoms. The first kappa shape index (κ1) is 16.5. The number of benzene rings is 1. The number of fused-ring (bicyclic) bond motifs is 2. The maximum absolute atomic E-state index is 5.40. The lowest BCUT2D eigenvalue weighted by atomic mass is 10.1. The highest BCUT2D eigenvalue weighted by Crippen LogP contribution is 2.35. The van der Waals surface area contributed by atoms with Crippen LogP contribution in [0.25, 0.3) is 33.2 Å². The second-order valence-electron chi connectivity index (χ2n) is 6.26. The molecule has 6 heteroatoms. The highest BCUT2D eigenvalue weighted by molar-refractivity contribution is 6.00. The summed E-state index contributed by atoms with van der Waals surface area (Å²) in [4.78, 5) is 7.93. The van der Waals surface area contributed by atoms with Gasteiger partial charge in [-0.2, -0.15) is 0 Å². The van der Waals surface area contributed by atoms with Gasteiger partial charge in [0.25, 0.3) is 0 Å². The average Bonchev–Trinajstić information content (AvgIpc) is 3.23. The monoisotopic (exact) mass is 350 g/mol. The van der Waals surface area contributed by atoms with E-state index in [9.17, 15) is 0 Å². The fraction of sp³-hybridized carbons (Fsp3) is 0.250. The first-order valence-electron chi connectivity index (χ1n) is 8.55. The van der Waals surface area contributed by atoms with Gasteiger partial charge in [-0.3, -0.25) is 0 Å². The Kier molecular flexibility index (Phi) is 4.26. The summed E-state index contributed by atoms with van der Waals surface area (Å²) in [5.74, 6) is 0.848. The maximum Gasteiger partial charge on any atom is 0.139 e. The van der Waals surface area contributed by atoms with Crippen LogP contribution in [0, 0.1) is 0 Å². The molecule has 0 aliphatic rings. The van der Waals surface area contributed by atoms with Gasteiger partial charge in [0.05, 0.1) is 13.7 Å². The van der Waals surface area contributed by atoms with Crippen LogP contribution in [0.4, 0.5) is 5.69 Å². The number of hydrogen-bond acceptors (Lipinski definition) is 4. The zero-order valence-electron chi connectivity index (χ0n) is 15.2. The Bertz CT molecular complexity index is 1060. The van der Waals surface area contributed by atoms with E-state index in [2.05, 4.69) is 51.3 Å². The van der Waals surface area contributed by atoms with Gasteiger partial charge in [-0.15, -0.1) is 0 Å². The van der Waals surface area contributed by atoms with Crippen molar-refractivity contribution < 1.29 is 9.47 Å². The molecule has 0 saturated heterocycles. The number of nitrogens with one attached hydrogen (secondary N) is 2. The van der Waals surface area contributed by atoms with Crippen LogP contribution in [0.2, 0.25) is 0 Å². The molecule has 0 unspecified atom stereocenters. The lowest BCUT2D eigenvalue weighted by Crippen LogP contribution is -2.07. The topological polar surface area (TPSA) is 64.1 Å². The van der Waals surface area contributed by atoms with Crippen LogP contribution in [0.1, 0.15) is 0 Å². The number of methoxy groups -OCH3 is 2. The zero-order chi connectivity index (χ0) is 18.1. The van der Waals surface area contributed by atoms with Crippen LogP contribution in [0.3, 0.4) is 0 Å². The predicted octanol–water partition coefficient (Wildman–Crippen LogP) is 3.79. The normalized spacial score (nSPS) is 11.3. The third-order valence-corrected chi connectivity index (χ3v) is 4.64. The number of aromatic nitrogens is 3. The number of nitrogens with zero attached hydrogens (tertiary/aromatic N) is 2. The van der Waals surface area contributed by atoms with Crippen molar-refractivity contribution in [3.05, 3.63) is 42.7 Å². The number of rotatable bonds is 6. The van der Waals surface area contributed by atoms with Gasteiger partial charge in [0.15, 0.2) is 0 Å². The molecule has 134 valence electrons. The minimum atomic E-state index is 0.657. The van der Waals surface area contributed by atoms with E-state index in [0.717, 1.165) is 51.2 Å². The molecule has 0 radical (unpaired) electrons. The Morgan fingerprint density at radius 1 is 1.15 bits per heavy atom. The van der Waals surface area contributed by atoms with Crippen LogP contribution in [-0.2, 0) is 11.8 Å². The van der Waals surface area contributed by atoms with Gasteiger partial charge in [0.2, 0.25) is 0 Å². The van der Waals surface area contributed by atoms with Gasteiger partial charge in [-0.1, -0.05) is 0 Å². The fourth-order valence-corrected chi connectivity index (χ4v) is 3.33. The van der Waals surface area contributed by atoms with Crippen molar-refractivity contribution in [1.82, 2.24) is 14.5 Å². The van der Waals surface area contributed by atoms with Crippen LogP contribution < -0.4 is 10.1 Å². The minimum absolute atomic E-state index is 0.657. The Labute approximate surface area is 151 Å². The average molecular weight is 350 g/mol. The Balaban J connectivity index is 1.82. The highest BCUT2D eigenvalue weighted by Gasteiger charge is 2.14. The molecular formula is C20H22N4O2. The third kappa shape index (κ3) is 2.78. The Morgan fingerprint density at radius 3 is 2.85 bits per heavy atom. The quantitative estimate of drug-likeness (QED) is 0.519. The zero-order valence-corrected chi connectivity index (χ0v) is 15.2. The molecule has 0 atom stereocenters. The first-order valence-corrected chi connectivity index (χ1v) is 8.55. The largest absolute Gasteiger partial charge is 0.497 e. The van der Waals surface area contributed by atoms with Crippen molar-refractivity contribution in [1.29, 1.82) is 0 Å². The predicted molar refractivity (Wildman–Crippen MR) is 105 cm³/mol. The summed E-state index contributed by atoms with van der Waals surface area (Å²) in [7, 11) is 5.44. The molecule has 2 N–H and O–H groups in total. The molecule has 0 spiro atoms. The standard InChI is InChI=1S/C20H22N4O2/c1-24-12-16(14-10-13(26-3)4-5-19(14)24)18-11-15-17(21-8-9-25-2)6-7-22-20(15)23-18/h4-7,10-12H,8-9H2,1-3H3,(H2,21,22,23). The third-order valence-electron chi connectivity index (χ3n) is 4.64. The van der Waals surface area contributed by atoms with Gasteiger partial charge in [0.1, 0.15) is 11.4 Å². The fourth-order valence-electron chi connectivity index (χ4n) is 3.33. The molecule has 0 amide bonds. The SMILES string of the molecule is COCCNc1ccnc2[nH]c(-c3cn(C)c4ccc(OC)cc34)cc12. The molecule has 0 aliphatic carbocycles. The lowest BCUT2D eigenvalue weighted by Gasteiger charge is -2.05.